The zero-order valence-corrected chi connectivity index (χ0v) is 15.0. The Labute approximate surface area is 148 Å². The van der Waals surface area contributed by atoms with Crippen molar-refractivity contribution in [1.82, 2.24) is 4.90 Å². The molecule has 0 amide bonds. The first-order valence-electron chi connectivity index (χ1n) is 7.68. The van der Waals surface area contributed by atoms with Crippen molar-refractivity contribution in [2.24, 2.45) is 4.99 Å². The molecule has 4 heteroatoms. The van der Waals surface area contributed by atoms with Gasteiger partial charge in [0.2, 0.25) is 0 Å². The van der Waals surface area contributed by atoms with Crippen molar-refractivity contribution in [1.29, 1.82) is 0 Å². The molecule has 0 N–H and O–H groups in total. The average Bonchev–Trinajstić information content (AvgIpc) is 2.58. The lowest BCUT2D eigenvalue weighted by molar-refractivity contribution is 0.104. The lowest BCUT2D eigenvalue weighted by atomic mass is 9.82. The van der Waals surface area contributed by atoms with Gasteiger partial charge >= 0.3 is 0 Å². The number of aliphatic imine (C=N–C) groups is 1. The van der Waals surface area contributed by atoms with Gasteiger partial charge in [-0.1, -0.05) is 42.5 Å². The van der Waals surface area contributed by atoms with Crippen LogP contribution in [0, 0.1) is 0 Å². The molecule has 0 unspecified atom stereocenters. The Morgan fingerprint density at radius 1 is 0.958 bits per heavy atom. The second-order valence-electron chi connectivity index (χ2n) is 6.07. The van der Waals surface area contributed by atoms with Gasteiger partial charge in [-0.05, 0) is 33.1 Å². The molecule has 3 nitrogen and oxygen atoms in total. The summed E-state index contributed by atoms with van der Waals surface area (Å²) in [5, 5.41) is 1.97. The van der Waals surface area contributed by atoms with Crippen molar-refractivity contribution in [3.8, 4) is 11.1 Å². The number of fused-ring (bicyclic) bond motifs is 2. The first-order valence-corrected chi connectivity index (χ1v) is 8.47. The van der Waals surface area contributed by atoms with Gasteiger partial charge in [-0.25, -0.2) is 4.99 Å². The molecule has 1 aliphatic rings. The maximum Gasteiger partial charge on any atom is 0.194 e. The van der Waals surface area contributed by atoms with E-state index in [-0.39, 0.29) is 5.78 Å². The molecule has 3 aromatic rings. The first-order chi connectivity index (χ1) is 11.6. The molecule has 24 heavy (non-hydrogen) atoms. The third-order valence-corrected chi connectivity index (χ3v) is 4.81. The Balaban J connectivity index is 2.13. The van der Waals surface area contributed by atoms with Gasteiger partial charge < -0.3 is 4.90 Å². The van der Waals surface area contributed by atoms with Crippen LogP contribution in [0.25, 0.3) is 21.9 Å². The van der Waals surface area contributed by atoms with Crippen LogP contribution in [0.3, 0.4) is 0 Å². The lowest BCUT2D eigenvalue weighted by Gasteiger charge is -2.21. The summed E-state index contributed by atoms with van der Waals surface area (Å²) in [5.41, 5.74) is 4.40. The number of rotatable bonds is 2. The highest BCUT2D eigenvalue weighted by molar-refractivity contribution is 9.10. The van der Waals surface area contributed by atoms with Crippen LogP contribution < -0.4 is 0 Å². The summed E-state index contributed by atoms with van der Waals surface area (Å²) in [5.74, 6) is 0.0774. The van der Waals surface area contributed by atoms with E-state index in [1.807, 2.05) is 61.5 Å². The Morgan fingerprint density at radius 3 is 2.42 bits per heavy atom. The Hall–Kier alpha value is -2.46. The maximum absolute atomic E-state index is 12.9. The van der Waals surface area contributed by atoms with Gasteiger partial charge in [0.05, 0.1) is 12.0 Å². The lowest BCUT2D eigenvalue weighted by Crippen LogP contribution is -2.10. The predicted octanol–water partition coefficient (Wildman–Crippen LogP) is 5.04. The highest BCUT2D eigenvalue weighted by Gasteiger charge is 2.26. The summed E-state index contributed by atoms with van der Waals surface area (Å²) in [7, 11) is 3.87. The zero-order valence-electron chi connectivity index (χ0n) is 13.4. The van der Waals surface area contributed by atoms with Crippen LogP contribution in [-0.2, 0) is 0 Å². The molecule has 0 saturated heterocycles. The molecule has 0 bridgehead atoms. The molecule has 0 aliphatic heterocycles. The van der Waals surface area contributed by atoms with E-state index in [0.717, 1.165) is 43.2 Å². The Kier molecular flexibility index (Phi) is 3.50. The van der Waals surface area contributed by atoms with E-state index in [1.54, 1.807) is 6.34 Å². The predicted molar refractivity (Wildman–Crippen MR) is 102 cm³/mol. The second-order valence-corrected chi connectivity index (χ2v) is 6.92. The van der Waals surface area contributed by atoms with Crippen molar-refractivity contribution in [3.63, 3.8) is 0 Å². The number of halogens is 1. The van der Waals surface area contributed by atoms with Crippen molar-refractivity contribution < 1.29 is 4.79 Å². The summed E-state index contributed by atoms with van der Waals surface area (Å²) in [6.07, 6.45) is 1.77. The van der Waals surface area contributed by atoms with Gasteiger partial charge in [0, 0.05) is 40.5 Å². The number of carbonyl (C=O) groups excluding carboxylic acids is 1. The molecule has 0 heterocycles. The summed E-state index contributed by atoms with van der Waals surface area (Å²) in [4.78, 5) is 19.4. The Morgan fingerprint density at radius 2 is 1.67 bits per heavy atom. The minimum atomic E-state index is 0.0774. The van der Waals surface area contributed by atoms with Crippen LogP contribution in [0.15, 0.2) is 58.0 Å². The van der Waals surface area contributed by atoms with Gasteiger partial charge in [-0.3, -0.25) is 4.79 Å². The van der Waals surface area contributed by atoms with Gasteiger partial charge in [0.1, 0.15) is 0 Å². The monoisotopic (exact) mass is 378 g/mol. The molecule has 0 aromatic heterocycles. The molecular formula is C20H15BrN2O. The van der Waals surface area contributed by atoms with Gasteiger partial charge in [-0.15, -0.1) is 0 Å². The summed E-state index contributed by atoms with van der Waals surface area (Å²) >= 11 is 3.66. The fraction of sp³-hybridized carbons (Fsp3) is 0.100. The molecule has 3 aromatic carbocycles. The minimum Gasteiger partial charge on any atom is -0.369 e. The van der Waals surface area contributed by atoms with Crippen molar-refractivity contribution in [3.05, 3.63) is 64.1 Å². The van der Waals surface area contributed by atoms with Crippen LogP contribution in [-0.4, -0.2) is 31.1 Å². The van der Waals surface area contributed by atoms with Crippen LogP contribution >= 0.6 is 15.9 Å². The number of hydrogen-bond donors (Lipinski definition) is 0. The van der Waals surface area contributed by atoms with E-state index in [2.05, 4.69) is 27.0 Å². The normalized spacial score (nSPS) is 12.7. The summed E-state index contributed by atoms with van der Waals surface area (Å²) < 4.78 is 0.921. The van der Waals surface area contributed by atoms with Crippen LogP contribution in [0.4, 0.5) is 5.69 Å². The van der Waals surface area contributed by atoms with Crippen LogP contribution in [0.5, 0.6) is 0 Å². The van der Waals surface area contributed by atoms with Crippen LogP contribution in [0.1, 0.15) is 15.9 Å². The van der Waals surface area contributed by atoms with Crippen molar-refractivity contribution in [2.75, 3.05) is 14.1 Å². The zero-order chi connectivity index (χ0) is 16.8. The molecule has 0 atom stereocenters. The smallest absolute Gasteiger partial charge is 0.194 e. The molecule has 0 fully saturated rings. The van der Waals surface area contributed by atoms with Gasteiger partial charge in [0.25, 0.3) is 0 Å². The van der Waals surface area contributed by atoms with E-state index >= 15 is 0 Å². The topological polar surface area (TPSA) is 32.7 Å². The molecule has 1 aliphatic carbocycles. The quantitative estimate of drug-likeness (QED) is 0.361. The maximum atomic E-state index is 12.9. The molecule has 0 spiro atoms. The van der Waals surface area contributed by atoms with E-state index in [4.69, 9.17) is 0 Å². The fourth-order valence-corrected chi connectivity index (χ4v) is 3.75. The largest absolute Gasteiger partial charge is 0.369 e. The van der Waals surface area contributed by atoms with E-state index in [9.17, 15) is 4.79 Å². The number of benzene rings is 3. The number of carbonyl (C=O) groups is 1. The highest BCUT2D eigenvalue weighted by Crippen LogP contribution is 2.45. The molecule has 4 rings (SSSR count). The standard InChI is InChI=1S/C20H15BrN2O/c1-23(2)11-22-19-14-8-5-9-15-18(14)16(10-17(19)21)12-6-3-4-7-13(12)20(15)24/h3-11H,1-2H3. The summed E-state index contributed by atoms with van der Waals surface area (Å²) in [6.45, 7) is 0. The fourth-order valence-electron chi connectivity index (χ4n) is 3.20. The van der Waals surface area contributed by atoms with Crippen molar-refractivity contribution in [2.45, 2.75) is 0 Å². The Bertz CT molecular complexity index is 1020. The van der Waals surface area contributed by atoms with Crippen molar-refractivity contribution >= 4 is 44.5 Å². The van der Waals surface area contributed by atoms with Gasteiger partial charge in [0.15, 0.2) is 5.78 Å². The SMILES string of the molecule is CN(C)C=Nc1c(Br)cc2c3c(cccc13)C(=O)c1ccccc1-2. The summed E-state index contributed by atoms with van der Waals surface area (Å²) in [6, 6.07) is 15.7. The highest BCUT2D eigenvalue weighted by atomic mass is 79.9. The first kappa shape index (κ1) is 15.1. The van der Waals surface area contributed by atoms with E-state index in [0.29, 0.717) is 0 Å². The van der Waals surface area contributed by atoms with E-state index < -0.39 is 0 Å². The van der Waals surface area contributed by atoms with E-state index in [1.165, 1.54) is 0 Å². The number of nitrogens with zero attached hydrogens (tertiary/aromatic N) is 2. The third kappa shape index (κ3) is 2.18. The molecular weight excluding hydrogens is 364 g/mol. The van der Waals surface area contributed by atoms with Gasteiger partial charge in [-0.2, -0.15) is 0 Å². The second kappa shape index (κ2) is 5.56. The minimum absolute atomic E-state index is 0.0774. The molecule has 0 saturated carbocycles. The number of ketones is 1. The average molecular weight is 379 g/mol. The number of hydrogen-bond acceptors (Lipinski definition) is 2. The van der Waals surface area contributed by atoms with Crippen LogP contribution in [0.2, 0.25) is 0 Å². The third-order valence-electron chi connectivity index (χ3n) is 4.21. The molecule has 118 valence electrons. The molecule has 0 radical (unpaired) electrons.